The molecule has 0 aliphatic carbocycles. The second-order valence-electron chi connectivity index (χ2n) is 7.68. The summed E-state index contributed by atoms with van der Waals surface area (Å²) in [5.74, 6) is 1.72. The Morgan fingerprint density at radius 2 is 1.84 bits per heavy atom. The molecule has 2 saturated heterocycles. The molecule has 2 fully saturated rings. The lowest BCUT2D eigenvalue weighted by atomic mass is 9.69. The van der Waals surface area contributed by atoms with E-state index in [1.807, 2.05) is 0 Å². The van der Waals surface area contributed by atoms with Crippen molar-refractivity contribution in [2.24, 2.45) is 17.3 Å². The summed E-state index contributed by atoms with van der Waals surface area (Å²) >= 11 is 0. The van der Waals surface area contributed by atoms with Crippen molar-refractivity contribution in [2.75, 3.05) is 26.3 Å². The molecule has 0 spiro atoms. The Morgan fingerprint density at radius 3 is 2.37 bits per heavy atom. The third-order valence-electron chi connectivity index (χ3n) is 5.46. The summed E-state index contributed by atoms with van der Waals surface area (Å²) in [6, 6.07) is 0.723. The molecule has 0 saturated carbocycles. The zero-order valence-corrected chi connectivity index (χ0v) is 13.5. The van der Waals surface area contributed by atoms with Crippen LogP contribution in [0.15, 0.2) is 0 Å². The first kappa shape index (κ1) is 15.3. The number of ether oxygens (including phenoxy) is 1. The Labute approximate surface area is 119 Å². The van der Waals surface area contributed by atoms with Crippen molar-refractivity contribution in [3.05, 3.63) is 0 Å². The summed E-state index contributed by atoms with van der Waals surface area (Å²) in [7, 11) is 0. The summed E-state index contributed by atoms with van der Waals surface area (Å²) in [6.07, 6.45) is 6.83. The number of likely N-dealkylation sites (tertiary alicyclic amines) is 1. The summed E-state index contributed by atoms with van der Waals surface area (Å²) in [6.45, 7) is 14.2. The molecule has 0 bridgehead atoms. The number of piperidine rings is 1. The van der Waals surface area contributed by atoms with Gasteiger partial charge in [-0.2, -0.15) is 0 Å². The second kappa shape index (κ2) is 6.58. The minimum atomic E-state index is 0.463. The molecule has 0 N–H and O–H groups in total. The van der Waals surface area contributed by atoms with Crippen molar-refractivity contribution in [1.82, 2.24) is 4.90 Å². The highest BCUT2D eigenvalue weighted by Gasteiger charge is 2.34. The van der Waals surface area contributed by atoms with Crippen LogP contribution in [0.4, 0.5) is 0 Å². The predicted molar refractivity (Wildman–Crippen MR) is 81.4 cm³/mol. The van der Waals surface area contributed by atoms with E-state index in [4.69, 9.17) is 4.74 Å². The van der Waals surface area contributed by atoms with Gasteiger partial charge in [0.15, 0.2) is 0 Å². The second-order valence-corrected chi connectivity index (χ2v) is 7.68. The Hall–Kier alpha value is -0.0800. The summed E-state index contributed by atoms with van der Waals surface area (Å²) in [5, 5.41) is 0. The lowest BCUT2D eigenvalue weighted by molar-refractivity contribution is -0.00972. The van der Waals surface area contributed by atoms with Gasteiger partial charge in [0.05, 0.1) is 0 Å². The molecular weight excluding hydrogens is 234 g/mol. The van der Waals surface area contributed by atoms with Crippen LogP contribution in [0.1, 0.15) is 59.8 Å². The molecule has 0 radical (unpaired) electrons. The van der Waals surface area contributed by atoms with Gasteiger partial charge in [-0.15, -0.1) is 0 Å². The van der Waals surface area contributed by atoms with Crippen LogP contribution in [-0.2, 0) is 4.74 Å². The minimum absolute atomic E-state index is 0.463. The van der Waals surface area contributed by atoms with Gasteiger partial charge in [0.25, 0.3) is 0 Å². The lowest BCUT2D eigenvalue weighted by Crippen LogP contribution is -2.40. The first-order valence-corrected chi connectivity index (χ1v) is 8.31. The van der Waals surface area contributed by atoms with Crippen LogP contribution in [0.3, 0.4) is 0 Å². The average Bonchev–Trinajstić information content (AvgIpc) is 2.40. The van der Waals surface area contributed by atoms with Crippen molar-refractivity contribution in [2.45, 2.75) is 65.8 Å². The van der Waals surface area contributed by atoms with E-state index in [0.717, 1.165) is 31.1 Å². The van der Waals surface area contributed by atoms with Crippen LogP contribution in [0.2, 0.25) is 0 Å². The van der Waals surface area contributed by atoms with Crippen LogP contribution in [-0.4, -0.2) is 37.2 Å². The number of hydrogen-bond acceptors (Lipinski definition) is 2. The van der Waals surface area contributed by atoms with Crippen LogP contribution in [0.5, 0.6) is 0 Å². The fourth-order valence-electron chi connectivity index (χ4n) is 3.94. The van der Waals surface area contributed by atoms with Crippen molar-refractivity contribution >= 4 is 0 Å². The van der Waals surface area contributed by atoms with E-state index in [2.05, 4.69) is 32.6 Å². The van der Waals surface area contributed by atoms with Crippen LogP contribution >= 0.6 is 0 Å². The van der Waals surface area contributed by atoms with Crippen LogP contribution in [0, 0.1) is 17.3 Å². The summed E-state index contributed by atoms with van der Waals surface area (Å²) in [5.41, 5.74) is 0.463. The monoisotopic (exact) mass is 267 g/mol. The van der Waals surface area contributed by atoms with Gasteiger partial charge >= 0.3 is 0 Å². The van der Waals surface area contributed by atoms with E-state index in [1.165, 1.54) is 45.2 Å². The maximum Gasteiger partial charge on any atom is 0.0499 e. The zero-order valence-electron chi connectivity index (χ0n) is 13.5. The molecule has 2 heteroatoms. The van der Waals surface area contributed by atoms with E-state index in [0.29, 0.717) is 5.41 Å². The van der Waals surface area contributed by atoms with Crippen molar-refractivity contribution in [3.8, 4) is 0 Å². The molecular formula is C17H33NO. The standard InChI is InChI=1S/C17H33NO/c1-14(2)18-9-7-15(8-10-18)12-17(3,4)16-6-5-11-19-13-16/h14-16H,5-13H2,1-4H3. The number of nitrogens with zero attached hydrogens (tertiary/aromatic N) is 1. The third-order valence-corrected chi connectivity index (χ3v) is 5.46. The molecule has 0 aromatic carbocycles. The number of rotatable bonds is 4. The zero-order chi connectivity index (χ0) is 13.9. The lowest BCUT2D eigenvalue weighted by Gasteiger charge is -2.42. The molecule has 2 rings (SSSR count). The summed E-state index contributed by atoms with van der Waals surface area (Å²) in [4.78, 5) is 2.63. The van der Waals surface area contributed by atoms with Crippen LogP contribution < -0.4 is 0 Å². The van der Waals surface area contributed by atoms with Crippen molar-refractivity contribution in [1.29, 1.82) is 0 Å². The molecule has 0 amide bonds. The Bertz CT molecular complexity index is 260. The van der Waals surface area contributed by atoms with E-state index >= 15 is 0 Å². The largest absolute Gasteiger partial charge is 0.381 e. The molecule has 2 aliphatic rings. The highest BCUT2D eigenvalue weighted by molar-refractivity contribution is 4.85. The Kier molecular flexibility index (Phi) is 5.30. The predicted octanol–water partition coefficient (Wildman–Crippen LogP) is 3.95. The van der Waals surface area contributed by atoms with E-state index in [9.17, 15) is 0 Å². The third kappa shape index (κ3) is 4.19. The van der Waals surface area contributed by atoms with Crippen molar-refractivity contribution < 1.29 is 4.74 Å². The van der Waals surface area contributed by atoms with Crippen molar-refractivity contribution in [3.63, 3.8) is 0 Å². The number of hydrogen-bond donors (Lipinski definition) is 0. The van der Waals surface area contributed by atoms with Crippen LogP contribution in [0.25, 0.3) is 0 Å². The first-order chi connectivity index (χ1) is 8.99. The topological polar surface area (TPSA) is 12.5 Å². The molecule has 0 aromatic heterocycles. The quantitative estimate of drug-likeness (QED) is 0.764. The van der Waals surface area contributed by atoms with Gasteiger partial charge in [0.1, 0.15) is 0 Å². The van der Waals surface area contributed by atoms with Gasteiger partial charge in [0.2, 0.25) is 0 Å². The molecule has 19 heavy (non-hydrogen) atoms. The normalized spacial score (nSPS) is 27.9. The first-order valence-electron chi connectivity index (χ1n) is 8.31. The fraction of sp³-hybridized carbons (Fsp3) is 1.00. The molecule has 112 valence electrons. The fourth-order valence-corrected chi connectivity index (χ4v) is 3.94. The Morgan fingerprint density at radius 1 is 1.16 bits per heavy atom. The highest BCUT2D eigenvalue weighted by atomic mass is 16.5. The molecule has 2 heterocycles. The van der Waals surface area contributed by atoms with Gasteiger partial charge in [-0.3, -0.25) is 0 Å². The van der Waals surface area contributed by atoms with Gasteiger partial charge in [-0.1, -0.05) is 13.8 Å². The van der Waals surface area contributed by atoms with E-state index in [-0.39, 0.29) is 0 Å². The maximum atomic E-state index is 5.70. The van der Waals surface area contributed by atoms with E-state index in [1.54, 1.807) is 0 Å². The SMILES string of the molecule is CC(C)N1CCC(CC(C)(C)C2CCCOC2)CC1. The molecule has 2 nitrogen and oxygen atoms in total. The van der Waals surface area contributed by atoms with E-state index < -0.39 is 0 Å². The van der Waals surface area contributed by atoms with Gasteiger partial charge < -0.3 is 9.64 Å². The molecule has 1 unspecified atom stereocenters. The van der Waals surface area contributed by atoms with Gasteiger partial charge in [-0.05, 0) is 76.3 Å². The summed E-state index contributed by atoms with van der Waals surface area (Å²) < 4.78 is 5.70. The maximum absolute atomic E-state index is 5.70. The highest BCUT2D eigenvalue weighted by Crippen LogP contribution is 2.40. The molecule has 0 aromatic rings. The van der Waals surface area contributed by atoms with Gasteiger partial charge in [0, 0.05) is 19.3 Å². The van der Waals surface area contributed by atoms with Gasteiger partial charge in [-0.25, -0.2) is 0 Å². The minimum Gasteiger partial charge on any atom is -0.381 e. The molecule has 1 atom stereocenters. The average molecular weight is 267 g/mol. The smallest absolute Gasteiger partial charge is 0.0499 e. The Balaban J connectivity index is 1.80. The molecule has 2 aliphatic heterocycles.